The molecule has 2 aromatic rings. The molecule has 0 aromatic heterocycles. The Balaban J connectivity index is 1.65. The lowest BCUT2D eigenvalue weighted by Gasteiger charge is -2.15. The zero-order valence-electron chi connectivity index (χ0n) is 18.1. The van der Waals surface area contributed by atoms with Gasteiger partial charge in [-0.1, -0.05) is 11.6 Å². The molecule has 0 spiro atoms. The van der Waals surface area contributed by atoms with E-state index < -0.39 is 5.97 Å². The number of hydrogen-bond donors (Lipinski definition) is 1. The van der Waals surface area contributed by atoms with E-state index in [-0.39, 0.29) is 30.3 Å². The Kier molecular flexibility index (Phi) is 6.84. The summed E-state index contributed by atoms with van der Waals surface area (Å²) in [6.45, 7) is 3.88. The highest BCUT2D eigenvalue weighted by Gasteiger charge is 2.31. The third-order valence-electron chi connectivity index (χ3n) is 5.32. The number of phenolic OH excluding ortho intramolecular Hbond substituents is 1. The largest absolute Gasteiger partial charge is 0.507 e. The zero-order valence-corrected chi connectivity index (χ0v) is 18.1. The van der Waals surface area contributed by atoms with Gasteiger partial charge in [0.1, 0.15) is 35.2 Å². The van der Waals surface area contributed by atoms with Crippen LogP contribution >= 0.6 is 0 Å². The first-order valence-electron chi connectivity index (χ1n) is 9.94. The topological polar surface area (TPSA) is 91.3 Å². The lowest BCUT2D eigenvalue weighted by atomic mass is 9.94. The molecule has 0 radical (unpaired) electrons. The lowest BCUT2D eigenvalue weighted by molar-refractivity contribution is -0.134. The van der Waals surface area contributed by atoms with E-state index in [4.69, 9.17) is 18.9 Å². The Morgan fingerprint density at radius 1 is 1.13 bits per heavy atom. The number of hydrogen-bond acceptors (Lipinski definition) is 7. The normalized spacial score (nSPS) is 12.9. The Bertz CT molecular complexity index is 1020. The maximum absolute atomic E-state index is 12.1. The molecule has 7 nitrogen and oxygen atoms in total. The number of fused-ring (bicyclic) bond motifs is 1. The summed E-state index contributed by atoms with van der Waals surface area (Å²) in [5.41, 5.74) is 3.13. The molecule has 7 heteroatoms. The van der Waals surface area contributed by atoms with Crippen LogP contribution in [0.25, 0.3) is 0 Å². The van der Waals surface area contributed by atoms with Gasteiger partial charge in [0.25, 0.3) is 0 Å². The first-order chi connectivity index (χ1) is 14.8. The summed E-state index contributed by atoms with van der Waals surface area (Å²) in [6.07, 6.45) is 2.98. The van der Waals surface area contributed by atoms with Crippen molar-refractivity contribution in [2.24, 2.45) is 0 Å². The van der Waals surface area contributed by atoms with Crippen LogP contribution in [0.5, 0.6) is 23.0 Å². The zero-order chi connectivity index (χ0) is 22.5. The fourth-order valence-electron chi connectivity index (χ4n) is 3.53. The van der Waals surface area contributed by atoms with Crippen molar-refractivity contribution in [1.29, 1.82) is 0 Å². The number of phenols is 1. The number of esters is 2. The molecule has 0 unspecified atom stereocenters. The van der Waals surface area contributed by atoms with Crippen molar-refractivity contribution in [1.82, 2.24) is 0 Å². The van der Waals surface area contributed by atoms with Gasteiger partial charge in [0.15, 0.2) is 0 Å². The smallest absolute Gasteiger partial charge is 0.342 e. The van der Waals surface area contributed by atoms with Crippen LogP contribution in [0.2, 0.25) is 0 Å². The molecule has 31 heavy (non-hydrogen) atoms. The van der Waals surface area contributed by atoms with Gasteiger partial charge in [-0.2, -0.15) is 0 Å². The van der Waals surface area contributed by atoms with Gasteiger partial charge in [-0.3, -0.25) is 4.79 Å². The Labute approximate surface area is 181 Å². The Hall–Kier alpha value is -3.48. The maximum atomic E-state index is 12.1. The van der Waals surface area contributed by atoms with Crippen LogP contribution in [0.4, 0.5) is 0 Å². The SMILES string of the molecule is COc1ccc(OC(=O)CCC(C)=CCc2c(O)c3c(c(C)c2OC)COC3=O)cc1. The van der Waals surface area contributed by atoms with E-state index in [1.54, 1.807) is 31.4 Å². The molecular weight excluding hydrogens is 400 g/mol. The average molecular weight is 426 g/mol. The molecule has 0 saturated carbocycles. The van der Waals surface area contributed by atoms with Crippen LogP contribution < -0.4 is 14.2 Å². The molecule has 164 valence electrons. The van der Waals surface area contributed by atoms with E-state index >= 15 is 0 Å². The van der Waals surface area contributed by atoms with Crippen LogP contribution in [0.15, 0.2) is 35.9 Å². The fraction of sp³-hybridized carbons (Fsp3) is 0.333. The molecule has 3 rings (SSSR count). The van der Waals surface area contributed by atoms with Crippen molar-refractivity contribution in [3.05, 3.63) is 58.2 Å². The molecule has 1 aliphatic rings. The molecule has 2 aromatic carbocycles. The molecule has 0 aliphatic carbocycles. The van der Waals surface area contributed by atoms with Crippen LogP contribution in [-0.4, -0.2) is 31.3 Å². The van der Waals surface area contributed by atoms with Crippen molar-refractivity contribution in [3.8, 4) is 23.0 Å². The van der Waals surface area contributed by atoms with Crippen molar-refractivity contribution < 1.29 is 33.6 Å². The highest BCUT2D eigenvalue weighted by Crippen LogP contribution is 2.42. The summed E-state index contributed by atoms with van der Waals surface area (Å²) >= 11 is 0. The van der Waals surface area contributed by atoms with Crippen molar-refractivity contribution >= 4 is 11.9 Å². The molecule has 0 atom stereocenters. The summed E-state index contributed by atoms with van der Waals surface area (Å²) in [6, 6.07) is 6.80. The Morgan fingerprint density at radius 2 is 1.81 bits per heavy atom. The minimum atomic E-state index is -0.526. The number of cyclic esters (lactones) is 1. The van der Waals surface area contributed by atoms with Gasteiger partial charge in [0, 0.05) is 17.5 Å². The number of allylic oxidation sites excluding steroid dienone is 2. The second kappa shape index (κ2) is 9.55. The summed E-state index contributed by atoms with van der Waals surface area (Å²) in [5, 5.41) is 10.7. The van der Waals surface area contributed by atoms with E-state index in [1.807, 2.05) is 19.9 Å². The molecule has 1 aliphatic heterocycles. The summed E-state index contributed by atoms with van der Waals surface area (Å²) < 4.78 is 21.0. The van der Waals surface area contributed by atoms with Crippen LogP contribution in [0.3, 0.4) is 0 Å². The summed E-state index contributed by atoms with van der Waals surface area (Å²) in [5.74, 6) is 0.714. The van der Waals surface area contributed by atoms with Crippen molar-refractivity contribution in [2.75, 3.05) is 14.2 Å². The molecular formula is C24H26O7. The number of ether oxygens (including phenoxy) is 4. The summed E-state index contributed by atoms with van der Waals surface area (Å²) in [4.78, 5) is 24.1. The highest BCUT2D eigenvalue weighted by molar-refractivity contribution is 5.98. The lowest BCUT2D eigenvalue weighted by Crippen LogP contribution is -2.07. The van der Waals surface area contributed by atoms with Gasteiger partial charge in [-0.25, -0.2) is 4.79 Å². The predicted octanol–water partition coefficient (Wildman–Crippen LogP) is 4.26. The number of methoxy groups -OCH3 is 2. The first-order valence-corrected chi connectivity index (χ1v) is 9.94. The quantitative estimate of drug-likeness (QED) is 0.383. The first kappa shape index (κ1) is 22.2. The van der Waals surface area contributed by atoms with E-state index in [0.717, 1.165) is 11.1 Å². The minimum Gasteiger partial charge on any atom is -0.507 e. The molecule has 1 N–H and O–H groups in total. The highest BCUT2D eigenvalue weighted by atomic mass is 16.5. The fourth-order valence-corrected chi connectivity index (χ4v) is 3.53. The average Bonchev–Trinajstić information content (AvgIpc) is 3.16. The van der Waals surface area contributed by atoms with E-state index in [0.29, 0.717) is 41.2 Å². The van der Waals surface area contributed by atoms with Crippen LogP contribution in [0, 0.1) is 6.92 Å². The van der Waals surface area contributed by atoms with E-state index in [2.05, 4.69) is 0 Å². The van der Waals surface area contributed by atoms with E-state index in [1.165, 1.54) is 7.11 Å². The van der Waals surface area contributed by atoms with Crippen LogP contribution in [0.1, 0.15) is 46.8 Å². The van der Waals surface area contributed by atoms with Gasteiger partial charge in [-0.15, -0.1) is 0 Å². The third kappa shape index (κ3) is 4.82. The number of benzene rings is 2. The van der Waals surface area contributed by atoms with Gasteiger partial charge >= 0.3 is 11.9 Å². The van der Waals surface area contributed by atoms with Gasteiger partial charge in [0.2, 0.25) is 0 Å². The number of carbonyl (C=O) groups is 2. The van der Waals surface area contributed by atoms with Crippen molar-refractivity contribution in [2.45, 2.75) is 39.7 Å². The second-order valence-electron chi connectivity index (χ2n) is 7.32. The maximum Gasteiger partial charge on any atom is 0.342 e. The monoisotopic (exact) mass is 426 g/mol. The van der Waals surface area contributed by atoms with Gasteiger partial charge in [0.05, 0.1) is 14.2 Å². The molecule has 0 fully saturated rings. The molecule has 0 amide bonds. The minimum absolute atomic E-state index is 0.108. The van der Waals surface area contributed by atoms with Gasteiger partial charge in [-0.05, 0) is 56.5 Å². The second-order valence-corrected chi connectivity index (χ2v) is 7.32. The molecule has 0 saturated heterocycles. The van der Waals surface area contributed by atoms with Gasteiger partial charge < -0.3 is 24.1 Å². The number of aromatic hydroxyl groups is 1. The molecule has 1 heterocycles. The van der Waals surface area contributed by atoms with E-state index in [9.17, 15) is 14.7 Å². The van der Waals surface area contributed by atoms with Crippen LogP contribution in [-0.2, 0) is 22.6 Å². The number of carbonyl (C=O) groups excluding carboxylic acids is 2. The predicted molar refractivity (Wildman–Crippen MR) is 114 cm³/mol. The Morgan fingerprint density at radius 3 is 2.45 bits per heavy atom. The van der Waals surface area contributed by atoms with Crippen molar-refractivity contribution in [3.63, 3.8) is 0 Å². The standard InChI is InChI=1S/C24H26O7/c1-14(6-12-20(25)31-17-9-7-16(28-3)8-10-17)5-11-18-22(26)21-19(13-30-24(21)27)15(2)23(18)29-4/h5,7-10,26H,6,11-13H2,1-4H3. The molecule has 0 bridgehead atoms. The number of rotatable bonds is 8. The third-order valence-corrected chi connectivity index (χ3v) is 5.32. The summed E-state index contributed by atoms with van der Waals surface area (Å²) in [7, 11) is 3.10.